The molecular weight excluding hydrogens is 314 g/mol. The molecule has 4 heteroatoms. The number of carbonyl (C=O) groups is 1. The van der Waals surface area contributed by atoms with Crippen molar-refractivity contribution in [3.05, 3.63) is 71.8 Å². The first-order valence-corrected chi connectivity index (χ1v) is 8.95. The van der Waals surface area contributed by atoms with E-state index < -0.39 is 0 Å². The van der Waals surface area contributed by atoms with Crippen LogP contribution in [0.15, 0.2) is 60.7 Å². The first-order valence-electron chi connectivity index (χ1n) is 8.95. The highest BCUT2D eigenvalue weighted by Gasteiger charge is 2.65. The van der Waals surface area contributed by atoms with E-state index in [1.807, 2.05) is 48.4 Å². The summed E-state index contributed by atoms with van der Waals surface area (Å²) in [6.07, 6.45) is 1.82. The number of hydroxylamine groups is 2. The molecular formula is C21H23NO3. The number of rotatable bonds is 5. The number of carbonyl (C=O) groups excluding carboxylic acids is 1. The summed E-state index contributed by atoms with van der Waals surface area (Å²) in [7, 11) is 0. The van der Waals surface area contributed by atoms with Gasteiger partial charge >= 0.3 is 5.97 Å². The monoisotopic (exact) mass is 337 g/mol. The van der Waals surface area contributed by atoms with E-state index in [2.05, 4.69) is 24.3 Å². The van der Waals surface area contributed by atoms with Gasteiger partial charge in [0.25, 0.3) is 0 Å². The van der Waals surface area contributed by atoms with Gasteiger partial charge in [-0.2, -0.15) is 5.06 Å². The molecule has 130 valence electrons. The van der Waals surface area contributed by atoms with Crippen LogP contribution >= 0.6 is 0 Å². The first kappa shape index (κ1) is 16.3. The molecule has 0 amide bonds. The molecule has 0 bridgehead atoms. The second-order valence-electron chi connectivity index (χ2n) is 6.80. The molecule has 1 heterocycles. The van der Waals surface area contributed by atoms with Gasteiger partial charge in [0, 0.05) is 6.54 Å². The van der Waals surface area contributed by atoms with E-state index in [1.54, 1.807) is 0 Å². The fourth-order valence-corrected chi connectivity index (χ4v) is 3.81. The molecule has 4 nitrogen and oxygen atoms in total. The molecule has 2 atom stereocenters. The molecule has 1 spiro atoms. The lowest BCUT2D eigenvalue weighted by Gasteiger charge is -2.25. The first-order chi connectivity index (χ1) is 12.2. The molecule has 0 N–H and O–H groups in total. The van der Waals surface area contributed by atoms with Gasteiger partial charge in [0.15, 0.2) is 0 Å². The third-order valence-electron chi connectivity index (χ3n) is 5.10. The number of ether oxygens (including phenoxy) is 1. The zero-order valence-electron chi connectivity index (χ0n) is 14.4. The normalized spacial score (nSPS) is 24.4. The van der Waals surface area contributed by atoms with Crippen LogP contribution in [0.1, 0.15) is 36.9 Å². The van der Waals surface area contributed by atoms with E-state index >= 15 is 0 Å². The van der Waals surface area contributed by atoms with Gasteiger partial charge in [-0.1, -0.05) is 60.7 Å². The lowest BCUT2D eigenvalue weighted by Crippen LogP contribution is -2.32. The van der Waals surface area contributed by atoms with Gasteiger partial charge in [-0.25, -0.2) is 0 Å². The van der Waals surface area contributed by atoms with E-state index in [1.165, 1.54) is 5.56 Å². The molecule has 0 radical (unpaired) electrons. The van der Waals surface area contributed by atoms with Crippen molar-refractivity contribution in [3.63, 3.8) is 0 Å². The molecule has 25 heavy (non-hydrogen) atoms. The number of hydrogen-bond donors (Lipinski definition) is 0. The molecule has 1 aliphatic carbocycles. The summed E-state index contributed by atoms with van der Waals surface area (Å²) in [5.41, 5.74) is 1.88. The number of esters is 1. The summed E-state index contributed by atoms with van der Waals surface area (Å²) in [6, 6.07) is 20.3. The van der Waals surface area contributed by atoms with Crippen LogP contribution in [-0.2, 0) is 20.9 Å². The van der Waals surface area contributed by atoms with Crippen LogP contribution in [0.5, 0.6) is 0 Å². The summed E-state index contributed by atoms with van der Waals surface area (Å²) in [4.78, 5) is 19.1. The Morgan fingerprint density at radius 3 is 2.36 bits per heavy atom. The van der Waals surface area contributed by atoms with Crippen LogP contribution < -0.4 is 0 Å². The van der Waals surface area contributed by atoms with Crippen molar-refractivity contribution in [2.45, 2.75) is 38.0 Å². The van der Waals surface area contributed by atoms with E-state index in [0.29, 0.717) is 13.2 Å². The smallest absolute Gasteiger partial charge is 0.314 e. The predicted molar refractivity (Wildman–Crippen MR) is 94.3 cm³/mol. The number of benzene rings is 2. The number of hydrogen-bond acceptors (Lipinski definition) is 4. The van der Waals surface area contributed by atoms with Crippen molar-refractivity contribution in [2.75, 3.05) is 6.61 Å². The maximum absolute atomic E-state index is 12.8. The second-order valence-corrected chi connectivity index (χ2v) is 6.80. The Hall–Kier alpha value is -2.17. The van der Waals surface area contributed by atoms with E-state index in [9.17, 15) is 4.79 Å². The van der Waals surface area contributed by atoms with Crippen molar-refractivity contribution in [3.8, 4) is 0 Å². The maximum atomic E-state index is 12.8. The Morgan fingerprint density at radius 2 is 1.76 bits per heavy atom. The Bertz CT molecular complexity index is 727. The third kappa shape index (κ3) is 3.08. The van der Waals surface area contributed by atoms with Crippen molar-refractivity contribution >= 4 is 5.97 Å². The van der Waals surface area contributed by atoms with Crippen molar-refractivity contribution < 1.29 is 14.4 Å². The third-order valence-corrected chi connectivity index (χ3v) is 5.10. The molecule has 4 rings (SSSR count). The molecule has 0 unspecified atom stereocenters. The van der Waals surface area contributed by atoms with Crippen molar-refractivity contribution in [2.24, 2.45) is 5.92 Å². The fourth-order valence-electron chi connectivity index (χ4n) is 3.81. The van der Waals surface area contributed by atoms with E-state index in [4.69, 9.17) is 9.57 Å². The van der Waals surface area contributed by atoms with Gasteiger partial charge in [-0.15, -0.1) is 0 Å². The standard InChI is InChI=1S/C21H23NO3/c1-2-24-20(23)18-19(17-11-7-4-8-12-17)22(25-21(18)13-14-21)15-16-9-5-3-6-10-16/h3-12,18-19H,2,13-15H2,1H3/t18-,19-/m1/s1. The minimum atomic E-state index is -0.387. The summed E-state index contributed by atoms with van der Waals surface area (Å²) in [6.45, 7) is 2.90. The largest absolute Gasteiger partial charge is 0.466 e. The van der Waals surface area contributed by atoms with Crippen LogP contribution in [0.2, 0.25) is 0 Å². The highest BCUT2D eigenvalue weighted by Crippen LogP contribution is 2.58. The summed E-state index contributed by atoms with van der Waals surface area (Å²) in [5, 5.41) is 1.99. The molecule has 2 aliphatic rings. The van der Waals surface area contributed by atoms with Crippen molar-refractivity contribution in [1.29, 1.82) is 0 Å². The van der Waals surface area contributed by atoms with E-state index in [0.717, 1.165) is 18.4 Å². The SMILES string of the molecule is CCOC(=O)[C@H]1[C@@H](c2ccccc2)N(Cc2ccccc2)OC12CC2. The molecule has 1 aliphatic heterocycles. The molecule has 1 saturated carbocycles. The number of nitrogens with zero attached hydrogens (tertiary/aromatic N) is 1. The lowest BCUT2D eigenvalue weighted by atomic mass is 9.88. The van der Waals surface area contributed by atoms with Crippen LogP contribution in [0.25, 0.3) is 0 Å². The minimum Gasteiger partial charge on any atom is -0.466 e. The van der Waals surface area contributed by atoms with Crippen LogP contribution in [-0.4, -0.2) is 23.2 Å². The Labute approximate surface area is 148 Å². The Kier molecular flexibility index (Phi) is 4.32. The fraction of sp³-hybridized carbons (Fsp3) is 0.381. The van der Waals surface area contributed by atoms with Crippen molar-refractivity contribution in [1.82, 2.24) is 5.06 Å². The average molecular weight is 337 g/mol. The van der Waals surface area contributed by atoms with Gasteiger partial charge in [0.05, 0.1) is 12.6 Å². The van der Waals surface area contributed by atoms with Gasteiger partial charge in [-0.05, 0) is 30.9 Å². The molecule has 2 aromatic carbocycles. The van der Waals surface area contributed by atoms with Gasteiger partial charge in [0.1, 0.15) is 11.5 Å². The van der Waals surface area contributed by atoms with E-state index in [-0.39, 0.29) is 23.5 Å². The molecule has 0 aromatic heterocycles. The van der Waals surface area contributed by atoms with Gasteiger partial charge < -0.3 is 4.74 Å². The topological polar surface area (TPSA) is 38.8 Å². The summed E-state index contributed by atoms with van der Waals surface area (Å²) in [5.74, 6) is -0.428. The Morgan fingerprint density at radius 1 is 1.12 bits per heavy atom. The zero-order valence-corrected chi connectivity index (χ0v) is 14.4. The summed E-state index contributed by atoms with van der Waals surface area (Å²) >= 11 is 0. The Balaban J connectivity index is 1.69. The zero-order chi connectivity index (χ0) is 17.3. The predicted octanol–water partition coefficient (Wildman–Crippen LogP) is 3.89. The maximum Gasteiger partial charge on any atom is 0.314 e. The van der Waals surface area contributed by atoms with Crippen LogP contribution in [0.3, 0.4) is 0 Å². The minimum absolute atomic E-state index is 0.122. The lowest BCUT2D eigenvalue weighted by molar-refractivity contribution is -0.181. The van der Waals surface area contributed by atoms with Crippen LogP contribution in [0.4, 0.5) is 0 Å². The van der Waals surface area contributed by atoms with Gasteiger partial charge in [-0.3, -0.25) is 9.63 Å². The molecule has 2 fully saturated rings. The highest BCUT2D eigenvalue weighted by atomic mass is 16.7. The molecule has 2 aromatic rings. The second kappa shape index (κ2) is 6.62. The molecule has 1 saturated heterocycles. The van der Waals surface area contributed by atoms with Crippen LogP contribution in [0, 0.1) is 5.92 Å². The average Bonchev–Trinajstić information content (AvgIpc) is 3.32. The van der Waals surface area contributed by atoms with Gasteiger partial charge in [0.2, 0.25) is 0 Å². The summed E-state index contributed by atoms with van der Waals surface area (Å²) < 4.78 is 5.41. The quantitative estimate of drug-likeness (QED) is 0.776. The highest BCUT2D eigenvalue weighted by molar-refractivity contribution is 5.76.